The molecule has 74 valence electrons. The van der Waals surface area contributed by atoms with Gasteiger partial charge >= 0.3 is 0 Å². The number of ether oxygens (including phenoxy) is 1. The molecule has 0 aliphatic carbocycles. The Morgan fingerprint density at radius 1 is 1.33 bits per heavy atom. The third-order valence-corrected chi connectivity index (χ3v) is 1.98. The Kier molecular flexibility index (Phi) is 9.50. The van der Waals surface area contributed by atoms with Crippen LogP contribution in [0.3, 0.4) is 0 Å². The van der Waals surface area contributed by atoms with Crippen LogP contribution < -0.4 is 0 Å². The minimum atomic E-state index is 0.219. The summed E-state index contributed by atoms with van der Waals surface area (Å²) in [6.45, 7) is 3.57. The average molecular weight is 193 g/mol. The molecule has 3 nitrogen and oxygen atoms in total. The summed E-state index contributed by atoms with van der Waals surface area (Å²) in [5.41, 5.74) is 0. The fourth-order valence-electron chi connectivity index (χ4n) is 0.992. The summed E-state index contributed by atoms with van der Waals surface area (Å²) < 4.78 is 4.96. The van der Waals surface area contributed by atoms with Crippen molar-refractivity contribution in [2.45, 2.75) is 6.42 Å². The van der Waals surface area contributed by atoms with Crippen molar-refractivity contribution in [1.29, 1.82) is 0 Å². The normalized spacial score (nSPS) is 11.0. The lowest BCUT2D eigenvalue weighted by atomic mass is 10.4. The van der Waals surface area contributed by atoms with Gasteiger partial charge in [0.2, 0.25) is 0 Å². The SMILES string of the molecule is COCCN(CCO)CCCS. The molecule has 12 heavy (non-hydrogen) atoms. The van der Waals surface area contributed by atoms with Crippen LogP contribution in [0.5, 0.6) is 0 Å². The first kappa shape index (κ1) is 12.2. The van der Waals surface area contributed by atoms with E-state index >= 15 is 0 Å². The lowest BCUT2D eigenvalue weighted by Gasteiger charge is -2.19. The molecule has 0 saturated carbocycles. The van der Waals surface area contributed by atoms with E-state index in [2.05, 4.69) is 17.5 Å². The van der Waals surface area contributed by atoms with Crippen molar-refractivity contribution in [2.24, 2.45) is 0 Å². The molecular formula is C8H19NO2S. The summed E-state index contributed by atoms with van der Waals surface area (Å²) in [6, 6.07) is 0. The molecule has 0 unspecified atom stereocenters. The predicted octanol–water partition coefficient (Wildman–Crippen LogP) is 0.247. The molecule has 0 aliphatic heterocycles. The molecule has 0 aromatic carbocycles. The Hall–Kier alpha value is 0.230. The molecule has 4 heteroatoms. The number of thiol groups is 1. The number of rotatable bonds is 8. The van der Waals surface area contributed by atoms with Gasteiger partial charge in [-0.05, 0) is 18.7 Å². The second-order valence-electron chi connectivity index (χ2n) is 2.64. The molecule has 0 spiro atoms. The van der Waals surface area contributed by atoms with Gasteiger partial charge in [0.1, 0.15) is 0 Å². The van der Waals surface area contributed by atoms with Crippen LogP contribution in [0.15, 0.2) is 0 Å². The van der Waals surface area contributed by atoms with Gasteiger partial charge < -0.3 is 9.84 Å². The molecular weight excluding hydrogens is 174 g/mol. The standard InChI is InChI=1S/C8H19NO2S/c1-11-7-5-9(4-6-10)3-2-8-12/h10,12H,2-8H2,1H3. The van der Waals surface area contributed by atoms with Crippen molar-refractivity contribution in [3.63, 3.8) is 0 Å². The van der Waals surface area contributed by atoms with Crippen molar-refractivity contribution >= 4 is 12.6 Å². The van der Waals surface area contributed by atoms with E-state index in [9.17, 15) is 0 Å². The first-order valence-corrected chi connectivity index (χ1v) is 4.91. The van der Waals surface area contributed by atoms with Crippen molar-refractivity contribution in [1.82, 2.24) is 4.90 Å². The summed E-state index contributed by atoms with van der Waals surface area (Å²) in [7, 11) is 1.69. The molecule has 0 amide bonds. The van der Waals surface area contributed by atoms with Crippen LogP contribution >= 0.6 is 12.6 Å². The highest BCUT2D eigenvalue weighted by atomic mass is 32.1. The Labute approximate surface area is 80.1 Å². The first-order valence-electron chi connectivity index (χ1n) is 4.28. The van der Waals surface area contributed by atoms with Gasteiger partial charge in [-0.25, -0.2) is 0 Å². The fourth-order valence-corrected chi connectivity index (χ4v) is 1.13. The van der Waals surface area contributed by atoms with Gasteiger partial charge in [-0.3, -0.25) is 4.90 Å². The van der Waals surface area contributed by atoms with E-state index in [4.69, 9.17) is 9.84 Å². The van der Waals surface area contributed by atoms with E-state index < -0.39 is 0 Å². The van der Waals surface area contributed by atoms with Crippen LogP contribution in [0, 0.1) is 0 Å². The van der Waals surface area contributed by atoms with E-state index in [1.165, 1.54) is 0 Å². The maximum absolute atomic E-state index is 8.73. The van der Waals surface area contributed by atoms with Gasteiger partial charge in [0.15, 0.2) is 0 Å². The fraction of sp³-hybridized carbons (Fsp3) is 1.00. The topological polar surface area (TPSA) is 32.7 Å². The molecule has 0 bridgehead atoms. The summed E-state index contributed by atoms with van der Waals surface area (Å²) in [5, 5.41) is 8.73. The van der Waals surface area contributed by atoms with Crippen molar-refractivity contribution < 1.29 is 9.84 Å². The minimum Gasteiger partial charge on any atom is -0.395 e. The van der Waals surface area contributed by atoms with Crippen LogP contribution in [0.25, 0.3) is 0 Å². The highest BCUT2D eigenvalue weighted by Gasteiger charge is 2.01. The zero-order chi connectivity index (χ0) is 9.23. The number of hydrogen-bond acceptors (Lipinski definition) is 4. The number of aliphatic hydroxyl groups excluding tert-OH is 1. The molecule has 0 fully saturated rings. The van der Waals surface area contributed by atoms with Gasteiger partial charge in [0.25, 0.3) is 0 Å². The van der Waals surface area contributed by atoms with E-state index in [0.29, 0.717) is 0 Å². The maximum Gasteiger partial charge on any atom is 0.0589 e. The predicted molar refractivity (Wildman–Crippen MR) is 53.9 cm³/mol. The lowest BCUT2D eigenvalue weighted by Crippen LogP contribution is -2.31. The second-order valence-corrected chi connectivity index (χ2v) is 3.08. The minimum absolute atomic E-state index is 0.219. The van der Waals surface area contributed by atoms with E-state index in [0.717, 1.165) is 38.4 Å². The summed E-state index contributed by atoms with van der Waals surface area (Å²) >= 11 is 4.13. The van der Waals surface area contributed by atoms with Crippen molar-refractivity contribution in [3.05, 3.63) is 0 Å². The van der Waals surface area contributed by atoms with Crippen LogP contribution in [0.2, 0.25) is 0 Å². The largest absolute Gasteiger partial charge is 0.395 e. The highest BCUT2D eigenvalue weighted by molar-refractivity contribution is 7.80. The van der Waals surface area contributed by atoms with E-state index in [-0.39, 0.29) is 6.61 Å². The number of methoxy groups -OCH3 is 1. The Bertz CT molecular complexity index is 85.1. The Morgan fingerprint density at radius 3 is 2.58 bits per heavy atom. The summed E-state index contributed by atoms with van der Waals surface area (Å²) in [6.07, 6.45) is 1.06. The molecule has 0 aromatic rings. The number of aliphatic hydroxyl groups is 1. The second kappa shape index (κ2) is 9.32. The van der Waals surface area contributed by atoms with Gasteiger partial charge in [-0.1, -0.05) is 0 Å². The number of hydrogen-bond donors (Lipinski definition) is 2. The summed E-state index contributed by atoms with van der Waals surface area (Å²) in [5.74, 6) is 0.898. The number of nitrogens with zero attached hydrogens (tertiary/aromatic N) is 1. The van der Waals surface area contributed by atoms with Gasteiger partial charge in [0.05, 0.1) is 13.2 Å². The molecule has 0 rings (SSSR count). The zero-order valence-electron chi connectivity index (χ0n) is 7.70. The van der Waals surface area contributed by atoms with Crippen LogP contribution in [-0.4, -0.2) is 55.7 Å². The molecule has 0 aliphatic rings. The zero-order valence-corrected chi connectivity index (χ0v) is 8.59. The molecule has 0 aromatic heterocycles. The third kappa shape index (κ3) is 6.91. The smallest absolute Gasteiger partial charge is 0.0589 e. The van der Waals surface area contributed by atoms with Crippen LogP contribution in [-0.2, 0) is 4.74 Å². The molecule has 0 heterocycles. The van der Waals surface area contributed by atoms with Crippen molar-refractivity contribution in [2.75, 3.05) is 45.7 Å². The molecule has 0 saturated heterocycles. The molecule has 0 radical (unpaired) electrons. The molecule has 1 N–H and O–H groups in total. The Morgan fingerprint density at radius 2 is 2.08 bits per heavy atom. The van der Waals surface area contributed by atoms with E-state index in [1.54, 1.807) is 7.11 Å². The van der Waals surface area contributed by atoms with E-state index in [1.807, 2.05) is 0 Å². The average Bonchev–Trinajstić information content (AvgIpc) is 2.10. The quantitative estimate of drug-likeness (QED) is 0.542. The first-order chi connectivity index (χ1) is 5.85. The Balaban J connectivity index is 3.40. The lowest BCUT2D eigenvalue weighted by molar-refractivity contribution is 0.131. The van der Waals surface area contributed by atoms with Gasteiger partial charge in [-0.15, -0.1) is 0 Å². The highest BCUT2D eigenvalue weighted by Crippen LogP contribution is 1.92. The van der Waals surface area contributed by atoms with Crippen LogP contribution in [0.1, 0.15) is 6.42 Å². The van der Waals surface area contributed by atoms with Gasteiger partial charge in [-0.2, -0.15) is 12.6 Å². The van der Waals surface area contributed by atoms with Crippen LogP contribution in [0.4, 0.5) is 0 Å². The third-order valence-electron chi connectivity index (χ3n) is 1.66. The summed E-state index contributed by atoms with van der Waals surface area (Å²) in [4.78, 5) is 2.18. The van der Waals surface area contributed by atoms with Gasteiger partial charge in [0, 0.05) is 20.2 Å². The van der Waals surface area contributed by atoms with Crippen molar-refractivity contribution in [3.8, 4) is 0 Å². The molecule has 0 atom stereocenters. The monoisotopic (exact) mass is 193 g/mol. The maximum atomic E-state index is 8.73.